The number of aryl methyl sites for hydroxylation is 1. The molecule has 0 saturated carbocycles. The zero-order valence-electron chi connectivity index (χ0n) is 11.5. The molecule has 2 aromatic carbocycles. The summed E-state index contributed by atoms with van der Waals surface area (Å²) < 4.78 is 0. The smallest absolute Gasteiger partial charge is 0.106 e. The van der Waals surface area contributed by atoms with E-state index < -0.39 is 0 Å². The van der Waals surface area contributed by atoms with Crippen molar-refractivity contribution in [2.75, 3.05) is 5.32 Å². The van der Waals surface area contributed by atoms with Crippen molar-refractivity contribution in [1.29, 1.82) is 0 Å². The maximum atomic E-state index is 5.91. The van der Waals surface area contributed by atoms with Crippen LogP contribution in [0.15, 0.2) is 42.5 Å². The van der Waals surface area contributed by atoms with Gasteiger partial charge in [-0.1, -0.05) is 48.1 Å². The average Bonchev–Trinajstić information content (AvgIpc) is 2.41. The quantitative estimate of drug-likeness (QED) is 0.819. The Morgan fingerprint density at radius 3 is 2.45 bits per heavy atom. The lowest BCUT2D eigenvalue weighted by molar-refractivity contribution is 0.882. The second-order valence-electron chi connectivity index (χ2n) is 4.78. The maximum Gasteiger partial charge on any atom is 0.106 e. The zero-order chi connectivity index (χ0) is 14.7. The largest absolute Gasteiger partial charge is 0.389 e. The number of nitrogens with one attached hydrogen (secondary N) is 1. The van der Waals surface area contributed by atoms with Crippen molar-refractivity contribution >= 4 is 34.5 Å². The number of nitrogens with two attached hydrogens (primary N) is 1. The fraction of sp³-hybridized carbons (Fsp3) is 0.188. The zero-order valence-corrected chi connectivity index (χ0v) is 13.1. The van der Waals surface area contributed by atoms with Gasteiger partial charge in [-0.3, -0.25) is 0 Å². The van der Waals surface area contributed by atoms with Crippen LogP contribution in [-0.2, 0) is 0 Å². The normalized spacial score (nSPS) is 11.9. The molecule has 3 N–H and O–H groups in total. The maximum absolute atomic E-state index is 5.91. The first-order chi connectivity index (χ1) is 9.49. The number of thiocarbonyl (C=S) groups is 1. The number of para-hydroxylation sites is 1. The second-order valence-corrected chi connectivity index (χ2v) is 5.66. The van der Waals surface area contributed by atoms with Gasteiger partial charge < -0.3 is 11.1 Å². The molecule has 4 heteroatoms. The topological polar surface area (TPSA) is 38.0 Å². The lowest BCUT2D eigenvalue weighted by Crippen LogP contribution is -2.16. The first-order valence-corrected chi connectivity index (χ1v) is 7.19. The van der Waals surface area contributed by atoms with Gasteiger partial charge >= 0.3 is 0 Å². The first-order valence-electron chi connectivity index (χ1n) is 6.40. The second kappa shape index (κ2) is 6.25. The molecule has 0 saturated heterocycles. The Morgan fingerprint density at radius 1 is 1.20 bits per heavy atom. The van der Waals surface area contributed by atoms with Gasteiger partial charge in [0.2, 0.25) is 0 Å². The van der Waals surface area contributed by atoms with Crippen LogP contribution in [0.25, 0.3) is 0 Å². The van der Waals surface area contributed by atoms with Gasteiger partial charge in [0, 0.05) is 22.3 Å². The van der Waals surface area contributed by atoms with Crippen LogP contribution in [0.5, 0.6) is 0 Å². The van der Waals surface area contributed by atoms with Crippen LogP contribution in [0.1, 0.15) is 29.7 Å². The summed E-state index contributed by atoms with van der Waals surface area (Å²) in [6.45, 7) is 4.14. The summed E-state index contributed by atoms with van der Waals surface area (Å²) in [6, 6.07) is 13.9. The van der Waals surface area contributed by atoms with Gasteiger partial charge in [0.25, 0.3) is 0 Å². The van der Waals surface area contributed by atoms with Gasteiger partial charge in [-0.2, -0.15) is 0 Å². The van der Waals surface area contributed by atoms with Crippen LogP contribution in [0.3, 0.4) is 0 Å². The third-order valence-corrected chi connectivity index (χ3v) is 3.74. The van der Waals surface area contributed by atoms with E-state index >= 15 is 0 Å². The van der Waals surface area contributed by atoms with Crippen LogP contribution in [-0.4, -0.2) is 4.99 Å². The Hall–Kier alpha value is -1.58. The molecule has 0 aliphatic rings. The van der Waals surface area contributed by atoms with Crippen LogP contribution in [0.2, 0.25) is 5.02 Å². The average molecular weight is 305 g/mol. The van der Waals surface area contributed by atoms with Gasteiger partial charge in [-0.05, 0) is 43.2 Å². The van der Waals surface area contributed by atoms with Crippen molar-refractivity contribution < 1.29 is 0 Å². The van der Waals surface area contributed by atoms with E-state index in [0.29, 0.717) is 4.99 Å². The molecular formula is C16H17ClN2S. The molecule has 0 amide bonds. The Morgan fingerprint density at radius 2 is 1.85 bits per heavy atom. The summed E-state index contributed by atoms with van der Waals surface area (Å²) in [5.41, 5.74) is 9.94. The third-order valence-electron chi connectivity index (χ3n) is 3.27. The highest BCUT2D eigenvalue weighted by Gasteiger charge is 2.12. The van der Waals surface area contributed by atoms with Crippen molar-refractivity contribution in [3.05, 3.63) is 64.2 Å². The summed E-state index contributed by atoms with van der Waals surface area (Å²) in [5, 5.41) is 4.22. The van der Waals surface area contributed by atoms with Crippen LogP contribution in [0.4, 0.5) is 5.69 Å². The van der Waals surface area contributed by atoms with Crippen molar-refractivity contribution in [3.8, 4) is 0 Å². The fourth-order valence-corrected chi connectivity index (χ4v) is 2.41. The molecule has 2 nitrogen and oxygen atoms in total. The van der Waals surface area contributed by atoms with Crippen molar-refractivity contribution in [3.63, 3.8) is 0 Å². The fourth-order valence-electron chi connectivity index (χ4n) is 2.12. The minimum atomic E-state index is 0.140. The number of halogens is 1. The van der Waals surface area contributed by atoms with Crippen molar-refractivity contribution in [2.45, 2.75) is 19.9 Å². The lowest BCUT2D eigenvalue weighted by Gasteiger charge is -2.20. The van der Waals surface area contributed by atoms with E-state index in [9.17, 15) is 0 Å². The van der Waals surface area contributed by atoms with Crippen molar-refractivity contribution in [1.82, 2.24) is 0 Å². The molecule has 0 radical (unpaired) electrons. The van der Waals surface area contributed by atoms with Crippen molar-refractivity contribution in [2.24, 2.45) is 5.73 Å². The van der Waals surface area contributed by atoms with Gasteiger partial charge in [-0.15, -0.1) is 0 Å². The molecule has 20 heavy (non-hydrogen) atoms. The number of hydrogen-bond acceptors (Lipinski definition) is 2. The monoisotopic (exact) mass is 304 g/mol. The highest BCUT2D eigenvalue weighted by molar-refractivity contribution is 7.80. The van der Waals surface area contributed by atoms with Crippen LogP contribution in [0, 0.1) is 6.92 Å². The van der Waals surface area contributed by atoms with E-state index in [4.69, 9.17) is 29.6 Å². The van der Waals surface area contributed by atoms with E-state index in [2.05, 4.69) is 12.2 Å². The SMILES string of the molecule is Cc1cccc(C(N)=S)c1NC(C)c1ccc(Cl)cc1. The Bertz CT molecular complexity index is 623. The Kier molecular flexibility index (Phi) is 4.63. The molecule has 1 unspecified atom stereocenters. The summed E-state index contributed by atoms with van der Waals surface area (Å²) >= 11 is 11.0. The number of hydrogen-bond donors (Lipinski definition) is 2. The summed E-state index contributed by atoms with van der Waals surface area (Å²) in [6.07, 6.45) is 0. The highest BCUT2D eigenvalue weighted by atomic mass is 35.5. The molecule has 0 aliphatic heterocycles. The van der Waals surface area contributed by atoms with Gasteiger partial charge in [0.05, 0.1) is 0 Å². The number of benzene rings is 2. The molecule has 0 heterocycles. The van der Waals surface area contributed by atoms with E-state index in [-0.39, 0.29) is 6.04 Å². The standard InChI is InChI=1S/C16H17ClN2S/c1-10-4-3-5-14(16(18)20)15(10)19-11(2)12-6-8-13(17)9-7-12/h3-9,11,19H,1-2H3,(H2,18,20). The van der Waals surface area contributed by atoms with Gasteiger partial charge in [-0.25, -0.2) is 0 Å². The third kappa shape index (κ3) is 3.30. The molecule has 0 bridgehead atoms. The first kappa shape index (κ1) is 14.8. The Balaban J connectivity index is 2.30. The van der Waals surface area contributed by atoms with Crippen LogP contribution < -0.4 is 11.1 Å². The van der Waals surface area contributed by atoms with Gasteiger partial charge in [0.1, 0.15) is 4.99 Å². The Labute approximate surface area is 130 Å². The molecule has 1 atom stereocenters. The minimum absolute atomic E-state index is 0.140. The van der Waals surface area contributed by atoms with Gasteiger partial charge in [0.15, 0.2) is 0 Å². The van der Waals surface area contributed by atoms with E-state index in [1.165, 1.54) is 0 Å². The molecule has 2 aromatic rings. The highest BCUT2D eigenvalue weighted by Crippen LogP contribution is 2.26. The molecule has 2 rings (SSSR count). The molecule has 0 aromatic heterocycles. The summed E-state index contributed by atoms with van der Waals surface area (Å²) in [7, 11) is 0. The lowest BCUT2D eigenvalue weighted by atomic mass is 10.0. The van der Waals surface area contributed by atoms with E-state index in [0.717, 1.165) is 27.4 Å². The molecular weight excluding hydrogens is 288 g/mol. The summed E-state index contributed by atoms with van der Waals surface area (Å²) in [5.74, 6) is 0. The number of rotatable bonds is 4. The van der Waals surface area contributed by atoms with Crippen LogP contribution >= 0.6 is 23.8 Å². The minimum Gasteiger partial charge on any atom is -0.389 e. The van der Waals surface area contributed by atoms with E-state index in [1.54, 1.807) is 0 Å². The summed E-state index contributed by atoms with van der Waals surface area (Å²) in [4.78, 5) is 0.402. The van der Waals surface area contributed by atoms with E-state index in [1.807, 2.05) is 49.4 Å². The predicted octanol–water partition coefficient (Wildman–Crippen LogP) is 4.46. The molecule has 104 valence electrons. The predicted molar refractivity (Wildman–Crippen MR) is 90.6 cm³/mol. The molecule has 0 aliphatic carbocycles. The molecule has 0 spiro atoms. The molecule has 0 fully saturated rings. The number of anilines is 1.